The van der Waals surface area contributed by atoms with Crippen LogP contribution in [0.2, 0.25) is 0 Å². The van der Waals surface area contributed by atoms with E-state index >= 15 is 0 Å². The number of ether oxygens (including phenoxy) is 3. The minimum absolute atomic E-state index is 0.0924. The lowest BCUT2D eigenvalue weighted by Gasteiger charge is -2.41. The highest BCUT2D eigenvalue weighted by atomic mass is 16.7. The third kappa shape index (κ3) is 46.1. The molecule has 0 aliphatic carbocycles. The summed E-state index contributed by atoms with van der Waals surface area (Å²) in [5, 5.41) is 57.1. The molecule has 84 heavy (non-hydrogen) atoms. The van der Waals surface area contributed by atoms with Crippen LogP contribution in [-0.2, 0) is 23.8 Å². The number of rotatable bonds is 55. The molecule has 8 atom stereocenters. The molecular weight excluding hydrogens is 1050 g/mol. The van der Waals surface area contributed by atoms with Gasteiger partial charge in [-0.3, -0.25) is 9.59 Å². The number of aliphatic hydroxyl groups excluding tert-OH is 5. The number of unbranched alkanes of at least 4 members (excludes halogenated alkanes) is 21. The molecule has 0 spiro atoms. The standard InChI is InChI=1S/C73H121NO10/c1-4-7-10-13-16-19-22-25-27-29-31-33-35-36-38-40-42-45-48-51-54-57-60-66(77)72(81)74-64(65(76)59-56-53-50-47-44-24-21-18-15-12-9-6-3)63-82-73-71(70(80)69(79)67(62-75)83-73)84-68(78)61-58-55-52-49-46-43-41-39-37-34-32-30-28-26-23-20-17-14-11-8-5-2/h7-8,10-11,16-17,19-20,25-28,31-34,36,38-39,41,56,59,64-67,69-71,73,75-77,79-80H,4-6,9,12-15,18,21-24,29-30,35,37,40,42-55,57-58,60-63H2,1-3H3,(H,74,81)/b10-7-,11-8-,19-16-,20-17-,27-25-,28-26-,33-31-,34-32-,38-36-,41-39-,59-56+. The molecule has 1 rings (SSSR count). The van der Waals surface area contributed by atoms with Gasteiger partial charge in [0.1, 0.15) is 24.4 Å². The summed E-state index contributed by atoms with van der Waals surface area (Å²) in [6.45, 7) is 5.54. The molecule has 0 radical (unpaired) electrons. The zero-order valence-electron chi connectivity index (χ0n) is 53.0. The molecule has 1 fully saturated rings. The van der Waals surface area contributed by atoms with Crippen molar-refractivity contribution in [3.63, 3.8) is 0 Å². The molecule has 1 aliphatic rings. The van der Waals surface area contributed by atoms with Crippen molar-refractivity contribution in [2.24, 2.45) is 0 Å². The topological polar surface area (TPSA) is 175 Å². The summed E-state index contributed by atoms with van der Waals surface area (Å²) in [5.41, 5.74) is 0. The zero-order valence-corrected chi connectivity index (χ0v) is 53.0. The second kappa shape index (κ2) is 59.1. The maximum Gasteiger partial charge on any atom is 0.306 e. The first-order valence-electron chi connectivity index (χ1n) is 33.5. The van der Waals surface area contributed by atoms with Crippen molar-refractivity contribution in [2.45, 2.75) is 301 Å². The van der Waals surface area contributed by atoms with E-state index in [4.69, 9.17) is 14.2 Å². The molecule has 0 aromatic carbocycles. The smallest absolute Gasteiger partial charge is 0.306 e. The van der Waals surface area contributed by atoms with Crippen molar-refractivity contribution in [2.75, 3.05) is 13.2 Å². The molecule has 6 N–H and O–H groups in total. The number of carbonyl (C=O) groups excluding carboxylic acids is 2. The largest absolute Gasteiger partial charge is 0.454 e. The number of esters is 1. The molecule has 1 amide bonds. The normalized spacial score (nSPS) is 19.4. The molecule has 0 bridgehead atoms. The Labute approximate surface area is 512 Å². The van der Waals surface area contributed by atoms with Crippen LogP contribution in [0.3, 0.4) is 0 Å². The molecule has 1 aliphatic heterocycles. The lowest BCUT2D eigenvalue weighted by Crippen LogP contribution is -2.61. The number of nitrogens with one attached hydrogen (secondary N) is 1. The van der Waals surface area contributed by atoms with Crippen molar-refractivity contribution < 1.29 is 49.3 Å². The maximum atomic E-state index is 13.5. The van der Waals surface area contributed by atoms with E-state index in [0.29, 0.717) is 12.8 Å². The summed E-state index contributed by atoms with van der Waals surface area (Å²) in [4.78, 5) is 26.6. The highest BCUT2D eigenvalue weighted by molar-refractivity contribution is 5.80. The first kappa shape index (κ1) is 77.8. The molecule has 0 saturated carbocycles. The van der Waals surface area contributed by atoms with Gasteiger partial charge in [0, 0.05) is 6.42 Å². The minimum Gasteiger partial charge on any atom is -0.454 e. The van der Waals surface area contributed by atoms with Gasteiger partial charge in [-0.2, -0.15) is 0 Å². The van der Waals surface area contributed by atoms with Crippen LogP contribution in [0.25, 0.3) is 0 Å². The van der Waals surface area contributed by atoms with Crippen LogP contribution in [0, 0.1) is 0 Å². The Morgan fingerprint density at radius 3 is 1.29 bits per heavy atom. The maximum absolute atomic E-state index is 13.5. The van der Waals surface area contributed by atoms with Crippen molar-refractivity contribution in [1.82, 2.24) is 5.32 Å². The molecule has 478 valence electrons. The third-order valence-electron chi connectivity index (χ3n) is 14.8. The molecular formula is C73H121NO10. The fourth-order valence-electron chi connectivity index (χ4n) is 9.59. The molecule has 8 unspecified atom stereocenters. The van der Waals surface area contributed by atoms with Gasteiger partial charge in [0.15, 0.2) is 12.4 Å². The van der Waals surface area contributed by atoms with Crippen LogP contribution in [-0.4, -0.2) is 99.6 Å². The summed E-state index contributed by atoms with van der Waals surface area (Å²) in [5.74, 6) is -1.23. The average molecular weight is 1170 g/mol. The Bertz CT molecular complexity index is 1880. The summed E-state index contributed by atoms with van der Waals surface area (Å²) in [6, 6.07) is -1.04. The highest BCUT2D eigenvalue weighted by Gasteiger charge is 2.47. The number of hydrogen-bond donors (Lipinski definition) is 6. The quantitative estimate of drug-likeness (QED) is 0.0195. The van der Waals surface area contributed by atoms with E-state index in [1.807, 2.05) is 6.08 Å². The molecule has 11 nitrogen and oxygen atoms in total. The first-order valence-corrected chi connectivity index (χ1v) is 33.5. The summed E-state index contributed by atoms with van der Waals surface area (Å²) >= 11 is 0. The van der Waals surface area contributed by atoms with E-state index in [1.165, 1.54) is 44.9 Å². The monoisotopic (exact) mass is 1170 g/mol. The lowest BCUT2D eigenvalue weighted by atomic mass is 9.99. The van der Waals surface area contributed by atoms with Crippen LogP contribution in [0.1, 0.15) is 252 Å². The third-order valence-corrected chi connectivity index (χ3v) is 14.8. The Kier molecular flexibility index (Phi) is 54.8. The van der Waals surface area contributed by atoms with Crippen LogP contribution in [0.4, 0.5) is 0 Å². The predicted molar refractivity (Wildman–Crippen MR) is 351 cm³/mol. The van der Waals surface area contributed by atoms with Gasteiger partial charge in [-0.1, -0.05) is 264 Å². The van der Waals surface area contributed by atoms with E-state index in [9.17, 15) is 35.1 Å². The van der Waals surface area contributed by atoms with Crippen LogP contribution in [0.15, 0.2) is 134 Å². The van der Waals surface area contributed by atoms with E-state index < -0.39 is 67.4 Å². The molecule has 0 aromatic heterocycles. The first-order chi connectivity index (χ1) is 41.2. The molecule has 11 heteroatoms. The fraction of sp³-hybridized carbons (Fsp3) is 0.671. The zero-order chi connectivity index (χ0) is 61.0. The van der Waals surface area contributed by atoms with Gasteiger partial charge in [0.05, 0.1) is 25.4 Å². The predicted octanol–water partition coefficient (Wildman–Crippen LogP) is 16.8. The number of allylic oxidation sites excluding steroid dienone is 21. The Morgan fingerprint density at radius 1 is 0.476 bits per heavy atom. The van der Waals surface area contributed by atoms with Crippen molar-refractivity contribution in [1.29, 1.82) is 0 Å². The van der Waals surface area contributed by atoms with Crippen LogP contribution >= 0.6 is 0 Å². The number of carbonyl (C=O) groups is 2. The summed E-state index contributed by atoms with van der Waals surface area (Å²) in [7, 11) is 0. The van der Waals surface area contributed by atoms with Gasteiger partial charge >= 0.3 is 5.97 Å². The molecule has 0 aromatic rings. The average Bonchev–Trinajstić information content (AvgIpc) is 3.55. The Hall–Kier alpha value is -4.20. The van der Waals surface area contributed by atoms with E-state index in [1.54, 1.807) is 6.08 Å². The Morgan fingerprint density at radius 2 is 0.857 bits per heavy atom. The van der Waals surface area contributed by atoms with Crippen molar-refractivity contribution in [3.8, 4) is 0 Å². The van der Waals surface area contributed by atoms with E-state index in [-0.39, 0.29) is 19.4 Å². The minimum atomic E-state index is -1.63. The van der Waals surface area contributed by atoms with Crippen molar-refractivity contribution >= 4 is 11.9 Å². The van der Waals surface area contributed by atoms with E-state index in [2.05, 4.69) is 148 Å². The summed E-state index contributed by atoms with van der Waals surface area (Å²) in [6.07, 6.45) is 73.3. The second-order valence-corrected chi connectivity index (χ2v) is 22.4. The van der Waals surface area contributed by atoms with Gasteiger partial charge < -0.3 is 45.1 Å². The van der Waals surface area contributed by atoms with Crippen LogP contribution < -0.4 is 5.32 Å². The van der Waals surface area contributed by atoms with Gasteiger partial charge in [0.25, 0.3) is 0 Å². The highest BCUT2D eigenvalue weighted by Crippen LogP contribution is 2.26. The molecule has 1 heterocycles. The number of hydrogen-bond acceptors (Lipinski definition) is 10. The van der Waals surface area contributed by atoms with Crippen LogP contribution in [0.5, 0.6) is 0 Å². The Balaban J connectivity index is 2.66. The van der Waals surface area contributed by atoms with Gasteiger partial charge in [-0.15, -0.1) is 0 Å². The molecule has 1 saturated heterocycles. The second-order valence-electron chi connectivity index (χ2n) is 22.4. The number of aliphatic hydroxyl groups is 5. The summed E-state index contributed by atoms with van der Waals surface area (Å²) < 4.78 is 17.6. The van der Waals surface area contributed by atoms with Gasteiger partial charge in [-0.25, -0.2) is 0 Å². The SMILES string of the molecule is CC/C=C\C/C=C\C/C=C\C/C=C\C/C=C\CCCCCCCCC(O)C(=O)NC(COC1OC(CO)C(O)C(O)C1OC(=O)CCCCCCC/C=C\C/C=C\C/C=C\C/C=C\C/C=C\CC)C(O)/C=C/CCCCCCCCCCCC. The fourth-order valence-corrected chi connectivity index (χ4v) is 9.59. The van der Waals surface area contributed by atoms with E-state index in [0.717, 1.165) is 161 Å². The number of amides is 1. The lowest BCUT2D eigenvalue weighted by molar-refractivity contribution is -0.305. The van der Waals surface area contributed by atoms with Gasteiger partial charge in [-0.05, 0) is 116 Å². The van der Waals surface area contributed by atoms with Gasteiger partial charge in [0.2, 0.25) is 5.91 Å². The van der Waals surface area contributed by atoms with Crippen molar-refractivity contribution in [3.05, 3.63) is 134 Å².